The lowest BCUT2D eigenvalue weighted by molar-refractivity contribution is 0.0711. The van der Waals surface area contributed by atoms with Gasteiger partial charge in [0.15, 0.2) is 0 Å². The van der Waals surface area contributed by atoms with Crippen LogP contribution in [0.25, 0.3) is 0 Å². The molecule has 0 saturated carbocycles. The van der Waals surface area contributed by atoms with E-state index in [9.17, 15) is 9.50 Å². The summed E-state index contributed by atoms with van der Waals surface area (Å²) in [4.78, 5) is 0. The van der Waals surface area contributed by atoms with E-state index in [1.54, 1.807) is 19.9 Å². The summed E-state index contributed by atoms with van der Waals surface area (Å²) in [6, 6.07) is 6.51. The highest BCUT2D eigenvalue weighted by Gasteiger charge is 2.10. The molecule has 0 bridgehead atoms. The van der Waals surface area contributed by atoms with Crippen LogP contribution in [-0.2, 0) is 6.54 Å². The van der Waals surface area contributed by atoms with E-state index in [0.29, 0.717) is 13.0 Å². The smallest absolute Gasteiger partial charge is 0.123 e. The van der Waals surface area contributed by atoms with E-state index in [1.165, 1.54) is 12.1 Å². The molecule has 15 heavy (non-hydrogen) atoms. The van der Waals surface area contributed by atoms with Gasteiger partial charge >= 0.3 is 0 Å². The van der Waals surface area contributed by atoms with Crippen LogP contribution >= 0.6 is 0 Å². The average molecular weight is 211 g/mol. The predicted octanol–water partition coefficient (Wildman–Crippen LogP) is 2.08. The van der Waals surface area contributed by atoms with E-state index in [1.807, 2.05) is 6.07 Å². The Bertz CT molecular complexity index is 307. The van der Waals surface area contributed by atoms with Gasteiger partial charge in [0.2, 0.25) is 0 Å². The fraction of sp³-hybridized carbons (Fsp3) is 0.500. The van der Waals surface area contributed by atoms with Crippen LogP contribution < -0.4 is 5.32 Å². The molecule has 0 aliphatic rings. The number of hydrogen-bond acceptors (Lipinski definition) is 2. The van der Waals surface area contributed by atoms with Crippen molar-refractivity contribution < 1.29 is 9.50 Å². The van der Waals surface area contributed by atoms with Gasteiger partial charge in [-0.25, -0.2) is 4.39 Å². The highest BCUT2D eigenvalue weighted by Crippen LogP contribution is 2.06. The second-order valence-corrected chi connectivity index (χ2v) is 4.37. The molecular weight excluding hydrogens is 193 g/mol. The lowest BCUT2D eigenvalue weighted by Crippen LogP contribution is -2.26. The number of rotatable bonds is 5. The first-order valence-corrected chi connectivity index (χ1v) is 5.15. The van der Waals surface area contributed by atoms with Gasteiger partial charge in [-0.15, -0.1) is 0 Å². The van der Waals surface area contributed by atoms with Crippen LogP contribution in [-0.4, -0.2) is 17.3 Å². The molecular formula is C12H18FNO. The zero-order chi connectivity index (χ0) is 11.3. The summed E-state index contributed by atoms with van der Waals surface area (Å²) >= 11 is 0. The molecule has 0 unspecified atom stereocenters. The van der Waals surface area contributed by atoms with Gasteiger partial charge < -0.3 is 10.4 Å². The molecule has 2 N–H and O–H groups in total. The normalized spacial score (nSPS) is 11.7. The highest BCUT2D eigenvalue weighted by atomic mass is 19.1. The van der Waals surface area contributed by atoms with Crippen molar-refractivity contribution in [1.29, 1.82) is 0 Å². The highest BCUT2D eigenvalue weighted by molar-refractivity contribution is 5.15. The van der Waals surface area contributed by atoms with Gasteiger partial charge in [-0.3, -0.25) is 0 Å². The molecule has 84 valence electrons. The van der Waals surface area contributed by atoms with Gasteiger partial charge in [-0.2, -0.15) is 0 Å². The summed E-state index contributed by atoms with van der Waals surface area (Å²) in [6.45, 7) is 4.90. The Morgan fingerprint density at radius 3 is 2.73 bits per heavy atom. The first-order valence-electron chi connectivity index (χ1n) is 5.15. The van der Waals surface area contributed by atoms with Crippen LogP contribution in [0.2, 0.25) is 0 Å². The number of benzene rings is 1. The molecule has 0 aromatic heterocycles. The summed E-state index contributed by atoms with van der Waals surface area (Å²) in [5.41, 5.74) is 0.278. The Balaban J connectivity index is 2.26. The molecule has 1 rings (SSSR count). The Hall–Kier alpha value is -0.930. The molecule has 1 aromatic carbocycles. The minimum absolute atomic E-state index is 0.211. The zero-order valence-corrected chi connectivity index (χ0v) is 9.26. The van der Waals surface area contributed by atoms with Crippen LogP contribution in [0, 0.1) is 5.82 Å². The van der Waals surface area contributed by atoms with Crippen LogP contribution in [0.5, 0.6) is 0 Å². The van der Waals surface area contributed by atoms with E-state index in [-0.39, 0.29) is 5.82 Å². The molecule has 0 aliphatic carbocycles. The van der Waals surface area contributed by atoms with E-state index >= 15 is 0 Å². The number of hydrogen-bond donors (Lipinski definition) is 2. The maximum absolute atomic E-state index is 12.8. The maximum Gasteiger partial charge on any atom is 0.123 e. The van der Waals surface area contributed by atoms with Crippen molar-refractivity contribution in [1.82, 2.24) is 5.32 Å². The second-order valence-electron chi connectivity index (χ2n) is 4.37. The minimum atomic E-state index is -0.644. The van der Waals surface area contributed by atoms with Gasteiger partial charge in [-0.05, 0) is 44.5 Å². The lowest BCUT2D eigenvalue weighted by Gasteiger charge is -2.16. The first kappa shape index (κ1) is 12.1. The van der Waals surface area contributed by atoms with Crippen molar-refractivity contribution in [3.05, 3.63) is 35.6 Å². The third-order valence-electron chi connectivity index (χ3n) is 2.13. The fourth-order valence-electron chi connectivity index (χ4n) is 1.27. The third kappa shape index (κ3) is 5.50. The quantitative estimate of drug-likeness (QED) is 0.731. The third-order valence-corrected chi connectivity index (χ3v) is 2.13. The molecule has 0 atom stereocenters. The Kier molecular flexibility index (Phi) is 4.24. The van der Waals surface area contributed by atoms with Crippen molar-refractivity contribution in [3.8, 4) is 0 Å². The van der Waals surface area contributed by atoms with Crippen molar-refractivity contribution in [2.24, 2.45) is 0 Å². The standard InChI is InChI=1S/C12H18FNO/c1-12(2,15)6-7-14-9-10-4-3-5-11(13)8-10/h3-5,8,14-15H,6-7,9H2,1-2H3. The van der Waals surface area contributed by atoms with Crippen LogP contribution in [0.1, 0.15) is 25.8 Å². The monoisotopic (exact) mass is 211 g/mol. The lowest BCUT2D eigenvalue weighted by atomic mass is 10.1. The molecule has 0 heterocycles. The summed E-state index contributed by atoms with van der Waals surface area (Å²) in [5.74, 6) is -0.211. The van der Waals surface area contributed by atoms with Crippen molar-refractivity contribution in [2.45, 2.75) is 32.4 Å². The molecule has 0 aliphatic heterocycles. The van der Waals surface area contributed by atoms with E-state index in [4.69, 9.17) is 0 Å². The summed E-state index contributed by atoms with van der Waals surface area (Å²) in [7, 11) is 0. The van der Waals surface area contributed by atoms with Crippen LogP contribution in [0.15, 0.2) is 24.3 Å². The van der Waals surface area contributed by atoms with Gasteiger partial charge in [0.1, 0.15) is 5.82 Å². The second kappa shape index (κ2) is 5.24. The Morgan fingerprint density at radius 1 is 1.40 bits per heavy atom. The maximum atomic E-state index is 12.8. The number of halogens is 1. The van der Waals surface area contributed by atoms with Crippen LogP contribution in [0.4, 0.5) is 4.39 Å². The summed E-state index contributed by atoms with van der Waals surface area (Å²) in [5, 5.41) is 12.6. The van der Waals surface area contributed by atoms with Crippen molar-refractivity contribution in [3.63, 3.8) is 0 Å². The Morgan fingerprint density at radius 2 is 2.13 bits per heavy atom. The molecule has 0 saturated heterocycles. The number of nitrogens with one attached hydrogen (secondary N) is 1. The topological polar surface area (TPSA) is 32.3 Å². The molecule has 1 aromatic rings. The number of aliphatic hydroxyl groups is 1. The molecule has 0 radical (unpaired) electrons. The van der Waals surface area contributed by atoms with E-state index in [2.05, 4.69) is 5.32 Å². The van der Waals surface area contributed by atoms with Crippen molar-refractivity contribution >= 4 is 0 Å². The molecule has 0 fully saturated rings. The first-order chi connectivity index (χ1) is 6.97. The predicted molar refractivity (Wildman–Crippen MR) is 59.0 cm³/mol. The van der Waals surface area contributed by atoms with E-state index in [0.717, 1.165) is 12.1 Å². The molecule has 3 heteroatoms. The SMILES string of the molecule is CC(C)(O)CCNCc1cccc(F)c1. The van der Waals surface area contributed by atoms with Gasteiger partial charge in [0, 0.05) is 6.54 Å². The van der Waals surface area contributed by atoms with Gasteiger partial charge in [0.25, 0.3) is 0 Å². The van der Waals surface area contributed by atoms with Gasteiger partial charge in [0.05, 0.1) is 5.60 Å². The Labute approximate surface area is 90.1 Å². The van der Waals surface area contributed by atoms with Crippen molar-refractivity contribution in [2.75, 3.05) is 6.54 Å². The largest absolute Gasteiger partial charge is 0.390 e. The molecule has 2 nitrogen and oxygen atoms in total. The molecule has 0 spiro atoms. The van der Waals surface area contributed by atoms with Gasteiger partial charge in [-0.1, -0.05) is 12.1 Å². The van der Waals surface area contributed by atoms with Crippen LogP contribution in [0.3, 0.4) is 0 Å². The fourth-order valence-corrected chi connectivity index (χ4v) is 1.27. The molecule has 0 amide bonds. The van der Waals surface area contributed by atoms with E-state index < -0.39 is 5.60 Å². The average Bonchev–Trinajstić information content (AvgIpc) is 2.11. The minimum Gasteiger partial charge on any atom is -0.390 e. The zero-order valence-electron chi connectivity index (χ0n) is 9.26. The summed E-state index contributed by atoms with van der Waals surface area (Å²) in [6.07, 6.45) is 0.683. The summed E-state index contributed by atoms with van der Waals surface area (Å²) < 4.78 is 12.8.